The summed E-state index contributed by atoms with van der Waals surface area (Å²) in [6.45, 7) is 1.86. The van der Waals surface area contributed by atoms with Gasteiger partial charge in [-0.25, -0.2) is 0 Å². The minimum Gasteiger partial charge on any atom is -0.493 e. The molecule has 4 rings (SSSR count). The van der Waals surface area contributed by atoms with Crippen LogP contribution >= 0.6 is 0 Å². The molecule has 1 aromatic heterocycles. The van der Waals surface area contributed by atoms with E-state index in [0.717, 1.165) is 42.0 Å². The molecular formula is C21H27N3O3. The van der Waals surface area contributed by atoms with E-state index in [-0.39, 0.29) is 5.91 Å². The summed E-state index contributed by atoms with van der Waals surface area (Å²) in [6, 6.07) is 5.85. The number of nitrogens with zero attached hydrogens (tertiary/aromatic N) is 2. The van der Waals surface area contributed by atoms with Crippen molar-refractivity contribution >= 4 is 5.91 Å². The molecule has 1 aliphatic carbocycles. The quantitative estimate of drug-likeness (QED) is 0.899. The highest BCUT2D eigenvalue weighted by Gasteiger charge is 2.22. The lowest BCUT2D eigenvalue weighted by atomic mass is 9.94. The van der Waals surface area contributed by atoms with E-state index in [2.05, 4.69) is 10.2 Å². The number of para-hydroxylation sites is 1. The van der Waals surface area contributed by atoms with Crippen LogP contribution in [0.4, 0.5) is 0 Å². The van der Waals surface area contributed by atoms with E-state index < -0.39 is 0 Å². The number of H-pyrrole nitrogens is 1. The van der Waals surface area contributed by atoms with Gasteiger partial charge >= 0.3 is 0 Å². The van der Waals surface area contributed by atoms with Gasteiger partial charge in [-0.1, -0.05) is 12.1 Å². The van der Waals surface area contributed by atoms with Crippen LogP contribution in [0.15, 0.2) is 18.2 Å². The summed E-state index contributed by atoms with van der Waals surface area (Å²) < 4.78 is 11.3. The summed E-state index contributed by atoms with van der Waals surface area (Å²) in [7, 11) is 1.64. The van der Waals surface area contributed by atoms with E-state index in [1.165, 1.54) is 24.1 Å². The molecule has 0 atom stereocenters. The molecule has 6 nitrogen and oxygen atoms in total. The molecular weight excluding hydrogens is 342 g/mol. The fourth-order valence-corrected chi connectivity index (χ4v) is 4.08. The minimum atomic E-state index is 0.179. The average Bonchev–Trinajstić information content (AvgIpc) is 3.09. The second-order valence-electron chi connectivity index (χ2n) is 7.30. The number of aryl methyl sites for hydroxylation is 2. The Bertz CT molecular complexity index is 815. The van der Waals surface area contributed by atoms with Gasteiger partial charge in [-0.05, 0) is 43.7 Å². The van der Waals surface area contributed by atoms with Gasteiger partial charge in [0.15, 0.2) is 11.5 Å². The molecule has 2 heterocycles. The summed E-state index contributed by atoms with van der Waals surface area (Å²) in [5.74, 6) is 1.67. The maximum Gasteiger partial charge on any atom is 0.223 e. The SMILES string of the molecule is COc1cccc2c1OCCCN(C(=O)CCc1n[nH]c3c1CCCC3)C2. The van der Waals surface area contributed by atoms with E-state index in [9.17, 15) is 4.79 Å². The molecule has 0 spiro atoms. The van der Waals surface area contributed by atoms with Crippen LogP contribution in [0, 0.1) is 0 Å². The number of fused-ring (bicyclic) bond motifs is 2. The Morgan fingerprint density at radius 2 is 2.19 bits per heavy atom. The standard InChI is InChI=1S/C21H27N3O3/c1-26-19-9-4-6-15-14-24(12-5-13-27-21(15)19)20(25)11-10-18-16-7-2-3-8-17(16)22-23-18/h4,6,9H,2-3,5,7-8,10-14H2,1H3,(H,22,23). The molecule has 0 saturated carbocycles. The van der Waals surface area contributed by atoms with E-state index >= 15 is 0 Å². The Kier molecular flexibility index (Phi) is 5.32. The molecule has 1 aromatic carbocycles. The van der Waals surface area contributed by atoms with Crippen molar-refractivity contribution in [3.05, 3.63) is 40.7 Å². The number of carbonyl (C=O) groups excluding carboxylic acids is 1. The molecule has 1 aliphatic heterocycles. The third-order valence-corrected chi connectivity index (χ3v) is 5.53. The minimum absolute atomic E-state index is 0.179. The topological polar surface area (TPSA) is 67.5 Å². The zero-order valence-electron chi connectivity index (χ0n) is 15.9. The normalized spacial score (nSPS) is 16.6. The van der Waals surface area contributed by atoms with E-state index in [4.69, 9.17) is 9.47 Å². The summed E-state index contributed by atoms with van der Waals surface area (Å²) in [4.78, 5) is 14.9. The molecule has 0 fully saturated rings. The predicted molar refractivity (Wildman–Crippen MR) is 102 cm³/mol. The number of hydrogen-bond donors (Lipinski definition) is 1. The fraction of sp³-hybridized carbons (Fsp3) is 0.524. The van der Waals surface area contributed by atoms with Gasteiger partial charge in [-0.15, -0.1) is 0 Å². The molecule has 1 N–H and O–H groups in total. The van der Waals surface area contributed by atoms with E-state index in [1.54, 1.807) is 7.11 Å². The molecule has 0 saturated heterocycles. The number of rotatable bonds is 4. The van der Waals surface area contributed by atoms with E-state index in [1.807, 2.05) is 23.1 Å². The largest absolute Gasteiger partial charge is 0.493 e. The van der Waals surface area contributed by atoms with Gasteiger partial charge in [0.1, 0.15) is 0 Å². The Morgan fingerprint density at radius 3 is 3.07 bits per heavy atom. The smallest absolute Gasteiger partial charge is 0.223 e. The molecule has 0 unspecified atom stereocenters. The second-order valence-corrected chi connectivity index (χ2v) is 7.30. The van der Waals surface area contributed by atoms with Crippen molar-refractivity contribution in [1.82, 2.24) is 15.1 Å². The average molecular weight is 369 g/mol. The lowest BCUT2D eigenvalue weighted by Crippen LogP contribution is -2.34. The molecule has 1 amide bonds. The van der Waals surface area contributed by atoms with Crippen molar-refractivity contribution in [3.63, 3.8) is 0 Å². The third kappa shape index (κ3) is 3.80. The Balaban J connectivity index is 1.44. The van der Waals surface area contributed by atoms with Gasteiger partial charge in [0.2, 0.25) is 5.91 Å². The van der Waals surface area contributed by atoms with Crippen LogP contribution in [-0.2, 0) is 30.6 Å². The summed E-state index contributed by atoms with van der Waals surface area (Å²) >= 11 is 0. The molecule has 2 aromatic rings. The maximum absolute atomic E-state index is 12.9. The Morgan fingerprint density at radius 1 is 1.30 bits per heavy atom. The first-order valence-electron chi connectivity index (χ1n) is 9.87. The van der Waals surface area contributed by atoms with Crippen molar-refractivity contribution in [1.29, 1.82) is 0 Å². The zero-order chi connectivity index (χ0) is 18.6. The van der Waals surface area contributed by atoms with Crippen LogP contribution in [0.25, 0.3) is 0 Å². The summed E-state index contributed by atoms with van der Waals surface area (Å²) in [6.07, 6.45) is 6.65. The number of aromatic amines is 1. The highest BCUT2D eigenvalue weighted by atomic mass is 16.5. The van der Waals surface area contributed by atoms with Gasteiger partial charge in [-0.2, -0.15) is 5.10 Å². The van der Waals surface area contributed by atoms with Gasteiger partial charge < -0.3 is 14.4 Å². The number of benzene rings is 1. The maximum atomic E-state index is 12.9. The Labute approximate surface area is 159 Å². The zero-order valence-corrected chi connectivity index (χ0v) is 15.9. The predicted octanol–water partition coefficient (Wildman–Crippen LogP) is 3.04. The monoisotopic (exact) mass is 369 g/mol. The molecule has 144 valence electrons. The third-order valence-electron chi connectivity index (χ3n) is 5.53. The van der Waals surface area contributed by atoms with Crippen LogP contribution < -0.4 is 9.47 Å². The highest BCUT2D eigenvalue weighted by molar-refractivity contribution is 5.76. The van der Waals surface area contributed by atoms with Crippen LogP contribution in [0.1, 0.15) is 48.2 Å². The summed E-state index contributed by atoms with van der Waals surface area (Å²) in [5, 5.41) is 7.64. The number of amides is 1. The second kappa shape index (κ2) is 8.03. The van der Waals surface area contributed by atoms with Crippen LogP contribution in [-0.4, -0.2) is 41.3 Å². The number of hydrogen-bond acceptors (Lipinski definition) is 4. The highest BCUT2D eigenvalue weighted by Crippen LogP contribution is 2.33. The fourth-order valence-electron chi connectivity index (χ4n) is 4.08. The number of nitrogens with one attached hydrogen (secondary N) is 1. The lowest BCUT2D eigenvalue weighted by molar-refractivity contribution is -0.132. The number of methoxy groups -OCH3 is 1. The summed E-state index contributed by atoms with van der Waals surface area (Å²) in [5.41, 5.74) is 4.70. The van der Waals surface area contributed by atoms with Crippen LogP contribution in [0.5, 0.6) is 11.5 Å². The van der Waals surface area contributed by atoms with Gasteiger partial charge in [0.25, 0.3) is 0 Å². The molecule has 0 bridgehead atoms. The number of aromatic nitrogens is 2. The van der Waals surface area contributed by atoms with Crippen molar-refractivity contribution in [2.75, 3.05) is 20.3 Å². The van der Waals surface area contributed by atoms with Crippen LogP contribution in [0.3, 0.4) is 0 Å². The molecule has 0 radical (unpaired) electrons. The van der Waals surface area contributed by atoms with Gasteiger partial charge in [0.05, 0.1) is 19.4 Å². The molecule has 6 heteroatoms. The lowest BCUT2D eigenvalue weighted by Gasteiger charge is -2.27. The Hall–Kier alpha value is -2.50. The van der Waals surface area contributed by atoms with Gasteiger partial charge in [0, 0.05) is 37.2 Å². The van der Waals surface area contributed by atoms with Crippen molar-refractivity contribution < 1.29 is 14.3 Å². The van der Waals surface area contributed by atoms with Crippen LogP contribution in [0.2, 0.25) is 0 Å². The first-order valence-corrected chi connectivity index (χ1v) is 9.87. The van der Waals surface area contributed by atoms with Crippen molar-refractivity contribution in [3.8, 4) is 11.5 Å². The van der Waals surface area contributed by atoms with Crippen molar-refractivity contribution in [2.24, 2.45) is 0 Å². The number of carbonyl (C=O) groups is 1. The first kappa shape index (κ1) is 17.9. The van der Waals surface area contributed by atoms with E-state index in [0.29, 0.717) is 32.5 Å². The molecule has 27 heavy (non-hydrogen) atoms. The number of ether oxygens (including phenoxy) is 2. The first-order chi connectivity index (χ1) is 13.3. The van der Waals surface area contributed by atoms with Crippen molar-refractivity contribution in [2.45, 2.75) is 51.5 Å². The molecule has 2 aliphatic rings. The van der Waals surface area contributed by atoms with Gasteiger partial charge in [-0.3, -0.25) is 9.89 Å².